The number of carbonyl (C=O) groups is 3. The van der Waals surface area contributed by atoms with Gasteiger partial charge in [-0.2, -0.15) is 0 Å². The Bertz CT molecular complexity index is 1040. The topological polar surface area (TPSA) is 95.3 Å². The van der Waals surface area contributed by atoms with Crippen LogP contribution in [0.15, 0.2) is 42.7 Å². The second kappa shape index (κ2) is 8.34. The monoisotopic (exact) mass is 393 g/mol. The fourth-order valence-corrected chi connectivity index (χ4v) is 3.65. The SMILES string of the molecule is O=C(CCc1c[nH]c2ccccc12)OCC(=O)c1c[nH]c(C(=O)N2CCCC2)c1. The zero-order valence-electron chi connectivity index (χ0n) is 16.1. The fourth-order valence-electron chi connectivity index (χ4n) is 3.65. The van der Waals surface area contributed by atoms with Crippen LogP contribution in [0.2, 0.25) is 0 Å². The van der Waals surface area contributed by atoms with Crippen molar-refractivity contribution in [2.45, 2.75) is 25.7 Å². The molecule has 0 radical (unpaired) electrons. The number of hydrogen-bond donors (Lipinski definition) is 2. The largest absolute Gasteiger partial charge is 0.457 e. The standard InChI is InChI=1S/C22H23N3O4/c26-20(16-11-19(24-13-16)22(28)25-9-3-4-10-25)14-29-21(27)8-7-15-12-23-18-6-2-1-5-17(15)18/h1-2,5-6,11-13,23-24H,3-4,7-10,14H2. The number of likely N-dealkylation sites (tertiary alicyclic amines) is 1. The lowest BCUT2D eigenvalue weighted by Gasteiger charge is -2.13. The molecule has 4 rings (SSSR count). The molecule has 7 heteroatoms. The zero-order valence-corrected chi connectivity index (χ0v) is 16.1. The van der Waals surface area contributed by atoms with Crippen molar-refractivity contribution in [3.8, 4) is 0 Å². The van der Waals surface area contributed by atoms with Crippen LogP contribution in [0.1, 0.15) is 45.7 Å². The van der Waals surface area contributed by atoms with Crippen LogP contribution < -0.4 is 0 Å². The lowest BCUT2D eigenvalue weighted by atomic mass is 10.1. The van der Waals surface area contributed by atoms with Crippen LogP contribution in [0.25, 0.3) is 10.9 Å². The Balaban J connectivity index is 1.27. The third-order valence-electron chi connectivity index (χ3n) is 5.27. The summed E-state index contributed by atoms with van der Waals surface area (Å²) in [5.41, 5.74) is 2.80. The van der Waals surface area contributed by atoms with Gasteiger partial charge in [0.05, 0.1) is 0 Å². The maximum Gasteiger partial charge on any atom is 0.306 e. The van der Waals surface area contributed by atoms with Crippen molar-refractivity contribution in [2.75, 3.05) is 19.7 Å². The number of rotatable bonds is 7. The average Bonchev–Trinajstić information content (AvgIpc) is 3.50. The molecule has 29 heavy (non-hydrogen) atoms. The van der Waals surface area contributed by atoms with Crippen molar-refractivity contribution in [3.63, 3.8) is 0 Å². The van der Waals surface area contributed by atoms with Crippen LogP contribution in [0, 0.1) is 0 Å². The molecule has 1 aromatic carbocycles. The molecule has 0 atom stereocenters. The van der Waals surface area contributed by atoms with E-state index in [1.165, 1.54) is 12.3 Å². The van der Waals surface area contributed by atoms with Gasteiger partial charge in [0.15, 0.2) is 6.61 Å². The van der Waals surface area contributed by atoms with E-state index in [0.29, 0.717) is 17.7 Å². The maximum absolute atomic E-state index is 12.3. The predicted octanol–water partition coefficient (Wildman–Crippen LogP) is 3.09. The van der Waals surface area contributed by atoms with E-state index in [9.17, 15) is 14.4 Å². The van der Waals surface area contributed by atoms with Gasteiger partial charge in [-0.25, -0.2) is 0 Å². The number of benzene rings is 1. The van der Waals surface area contributed by atoms with Gasteiger partial charge in [0.2, 0.25) is 5.78 Å². The number of fused-ring (bicyclic) bond motifs is 1. The summed E-state index contributed by atoms with van der Waals surface area (Å²) in [6.45, 7) is 1.16. The summed E-state index contributed by atoms with van der Waals surface area (Å²) in [5.74, 6) is -0.855. The second-order valence-corrected chi connectivity index (χ2v) is 7.24. The van der Waals surface area contributed by atoms with E-state index >= 15 is 0 Å². The minimum Gasteiger partial charge on any atom is -0.457 e. The van der Waals surface area contributed by atoms with Gasteiger partial charge in [0.1, 0.15) is 5.69 Å². The number of H-pyrrole nitrogens is 2. The molecule has 1 amide bonds. The van der Waals surface area contributed by atoms with Crippen LogP contribution in [0.3, 0.4) is 0 Å². The van der Waals surface area contributed by atoms with Crippen molar-refractivity contribution in [3.05, 3.63) is 59.5 Å². The maximum atomic E-state index is 12.3. The van der Waals surface area contributed by atoms with Gasteiger partial charge in [-0.3, -0.25) is 14.4 Å². The molecule has 2 aromatic heterocycles. The molecule has 3 aromatic rings. The summed E-state index contributed by atoms with van der Waals surface area (Å²) < 4.78 is 5.13. The molecule has 1 aliphatic rings. The average molecular weight is 393 g/mol. The Hall–Kier alpha value is -3.35. The molecule has 1 fully saturated rings. The number of esters is 1. The molecule has 0 saturated carbocycles. The Morgan fingerprint density at radius 1 is 1.03 bits per heavy atom. The number of hydrogen-bond acceptors (Lipinski definition) is 4. The number of ether oxygens (including phenoxy) is 1. The van der Waals surface area contributed by atoms with Crippen LogP contribution in [-0.4, -0.2) is 52.2 Å². The van der Waals surface area contributed by atoms with E-state index in [4.69, 9.17) is 4.74 Å². The number of amides is 1. The molecule has 0 unspecified atom stereocenters. The lowest BCUT2D eigenvalue weighted by Crippen LogP contribution is -2.27. The molecule has 150 valence electrons. The molecule has 0 spiro atoms. The number of carbonyl (C=O) groups excluding carboxylic acids is 3. The van der Waals surface area contributed by atoms with Gasteiger partial charge < -0.3 is 19.6 Å². The van der Waals surface area contributed by atoms with Crippen LogP contribution in [0.4, 0.5) is 0 Å². The third kappa shape index (κ3) is 4.23. The quantitative estimate of drug-likeness (QED) is 0.476. The first-order chi connectivity index (χ1) is 14.1. The molecule has 3 heterocycles. The predicted molar refractivity (Wildman–Crippen MR) is 108 cm³/mol. The van der Waals surface area contributed by atoms with Crippen LogP contribution in [-0.2, 0) is 16.0 Å². The first kappa shape index (κ1) is 19.0. The summed E-state index contributed by atoms with van der Waals surface area (Å²) in [6.07, 6.45) is 6.13. The Morgan fingerprint density at radius 2 is 1.83 bits per heavy atom. The summed E-state index contributed by atoms with van der Waals surface area (Å²) in [7, 11) is 0. The molecule has 0 bridgehead atoms. The van der Waals surface area contributed by atoms with Gasteiger partial charge in [0.25, 0.3) is 5.91 Å². The Morgan fingerprint density at radius 3 is 2.66 bits per heavy atom. The highest BCUT2D eigenvalue weighted by Crippen LogP contribution is 2.19. The van der Waals surface area contributed by atoms with Gasteiger partial charge in [-0.1, -0.05) is 18.2 Å². The van der Waals surface area contributed by atoms with Gasteiger partial charge in [0, 0.05) is 48.4 Å². The minimum atomic E-state index is -0.424. The number of nitrogens with one attached hydrogen (secondary N) is 2. The molecule has 1 saturated heterocycles. The van der Waals surface area contributed by atoms with Crippen LogP contribution in [0.5, 0.6) is 0 Å². The smallest absolute Gasteiger partial charge is 0.306 e. The van der Waals surface area contributed by atoms with E-state index in [1.807, 2.05) is 30.5 Å². The Labute approximate surface area is 168 Å². The molecule has 7 nitrogen and oxygen atoms in total. The van der Waals surface area contributed by atoms with E-state index in [0.717, 1.165) is 42.4 Å². The number of nitrogens with zero attached hydrogens (tertiary/aromatic N) is 1. The first-order valence-corrected chi connectivity index (χ1v) is 9.83. The summed E-state index contributed by atoms with van der Waals surface area (Å²) in [4.78, 5) is 44.5. The van der Waals surface area contributed by atoms with Crippen LogP contribution >= 0.6 is 0 Å². The summed E-state index contributed by atoms with van der Waals surface area (Å²) >= 11 is 0. The third-order valence-corrected chi connectivity index (χ3v) is 5.27. The molecular formula is C22H23N3O4. The number of aromatic amines is 2. The number of ketones is 1. The minimum absolute atomic E-state index is 0.0997. The van der Waals surface area contributed by atoms with Crippen molar-refractivity contribution >= 4 is 28.6 Å². The number of aryl methyl sites for hydroxylation is 1. The van der Waals surface area contributed by atoms with Gasteiger partial charge in [-0.15, -0.1) is 0 Å². The van der Waals surface area contributed by atoms with E-state index in [2.05, 4.69) is 9.97 Å². The fraction of sp³-hybridized carbons (Fsp3) is 0.318. The zero-order chi connectivity index (χ0) is 20.2. The van der Waals surface area contributed by atoms with Crippen molar-refractivity contribution < 1.29 is 19.1 Å². The van der Waals surface area contributed by atoms with Crippen molar-refractivity contribution in [2.24, 2.45) is 0 Å². The van der Waals surface area contributed by atoms with E-state index < -0.39 is 5.97 Å². The normalized spacial score (nSPS) is 13.7. The Kier molecular flexibility index (Phi) is 5.46. The molecule has 2 N–H and O–H groups in total. The van der Waals surface area contributed by atoms with E-state index in [1.54, 1.807) is 4.90 Å². The number of para-hydroxylation sites is 1. The van der Waals surface area contributed by atoms with Crippen molar-refractivity contribution in [1.82, 2.24) is 14.9 Å². The summed E-state index contributed by atoms with van der Waals surface area (Å²) in [6, 6.07) is 9.42. The van der Waals surface area contributed by atoms with Crippen molar-refractivity contribution in [1.29, 1.82) is 0 Å². The first-order valence-electron chi connectivity index (χ1n) is 9.83. The second-order valence-electron chi connectivity index (χ2n) is 7.24. The number of Topliss-reactive ketones (excluding diaryl/α,β-unsaturated/α-hetero) is 1. The molecule has 1 aliphatic heterocycles. The van der Waals surface area contributed by atoms with Gasteiger partial charge in [-0.05, 0) is 37.0 Å². The molecule has 0 aliphatic carbocycles. The highest BCUT2D eigenvalue weighted by Gasteiger charge is 2.22. The molecular weight excluding hydrogens is 370 g/mol. The highest BCUT2D eigenvalue weighted by atomic mass is 16.5. The van der Waals surface area contributed by atoms with Gasteiger partial charge >= 0.3 is 5.97 Å². The summed E-state index contributed by atoms with van der Waals surface area (Å²) in [5, 5.41) is 1.08. The number of aromatic nitrogens is 2. The lowest BCUT2D eigenvalue weighted by molar-refractivity contribution is -0.142. The highest BCUT2D eigenvalue weighted by molar-refractivity contribution is 6.01. The van der Waals surface area contributed by atoms with E-state index in [-0.39, 0.29) is 24.7 Å².